The molecule has 1 aromatic rings. The summed E-state index contributed by atoms with van der Waals surface area (Å²) >= 11 is 0. The highest BCUT2D eigenvalue weighted by molar-refractivity contribution is 7.90. The van der Waals surface area contributed by atoms with Crippen molar-refractivity contribution in [3.63, 3.8) is 0 Å². The molecule has 4 heteroatoms. The fraction of sp³-hybridized carbons (Fsp3) is 0.500. The summed E-state index contributed by atoms with van der Waals surface area (Å²) in [6, 6.07) is 7.77. The van der Waals surface area contributed by atoms with Crippen molar-refractivity contribution >= 4 is 9.84 Å². The minimum Gasteiger partial charge on any atom is -0.309 e. The molecule has 0 aromatic heterocycles. The lowest BCUT2D eigenvalue weighted by atomic mass is 10.0. The Morgan fingerprint density at radius 1 is 1.31 bits per heavy atom. The average Bonchev–Trinajstić information content (AvgIpc) is 2.16. The van der Waals surface area contributed by atoms with Gasteiger partial charge >= 0.3 is 0 Å². The molecule has 0 aliphatic carbocycles. The highest BCUT2D eigenvalue weighted by Gasteiger charge is 2.17. The molecule has 1 unspecified atom stereocenters. The first-order valence-electron chi connectivity index (χ1n) is 5.40. The summed E-state index contributed by atoms with van der Waals surface area (Å²) in [5, 5.41) is 3.22. The first-order chi connectivity index (χ1) is 7.44. The van der Waals surface area contributed by atoms with Crippen LogP contribution in [0.5, 0.6) is 0 Å². The van der Waals surface area contributed by atoms with Crippen molar-refractivity contribution in [3.8, 4) is 0 Å². The Labute approximate surface area is 97.8 Å². The van der Waals surface area contributed by atoms with E-state index in [-0.39, 0.29) is 11.8 Å². The van der Waals surface area contributed by atoms with Gasteiger partial charge in [0, 0.05) is 12.3 Å². The number of benzene rings is 1. The van der Waals surface area contributed by atoms with Crippen LogP contribution in [-0.4, -0.2) is 27.0 Å². The van der Waals surface area contributed by atoms with E-state index in [9.17, 15) is 8.42 Å². The Kier molecular flexibility index (Phi) is 4.50. The molecule has 1 N–H and O–H groups in total. The number of hydrogen-bond donors (Lipinski definition) is 1. The lowest BCUT2D eigenvalue weighted by molar-refractivity contribution is 0.562. The van der Waals surface area contributed by atoms with Crippen LogP contribution in [0.15, 0.2) is 24.3 Å². The van der Waals surface area contributed by atoms with Crippen LogP contribution in [0.1, 0.15) is 24.1 Å². The number of hydrogen-bond acceptors (Lipinski definition) is 3. The Balaban J connectivity index is 2.98. The van der Waals surface area contributed by atoms with Gasteiger partial charge in [-0.1, -0.05) is 31.2 Å². The molecule has 0 bridgehead atoms. The smallest absolute Gasteiger partial charge is 0.149 e. The van der Waals surface area contributed by atoms with E-state index in [0.29, 0.717) is 0 Å². The molecule has 1 aromatic carbocycles. The Morgan fingerprint density at radius 3 is 2.44 bits per heavy atom. The van der Waals surface area contributed by atoms with Gasteiger partial charge in [0.1, 0.15) is 9.84 Å². The lowest BCUT2D eigenvalue weighted by Gasteiger charge is -2.19. The molecule has 16 heavy (non-hydrogen) atoms. The van der Waals surface area contributed by atoms with Crippen molar-refractivity contribution in [2.75, 3.05) is 18.6 Å². The van der Waals surface area contributed by atoms with E-state index < -0.39 is 9.84 Å². The number of nitrogens with one attached hydrogen (secondary N) is 1. The van der Waals surface area contributed by atoms with Gasteiger partial charge < -0.3 is 5.32 Å². The molecule has 3 nitrogen and oxygen atoms in total. The molecule has 0 aliphatic heterocycles. The SMILES string of the molecule is CCNC(CS(C)(=O)=O)c1ccccc1C. The second kappa shape index (κ2) is 5.46. The summed E-state index contributed by atoms with van der Waals surface area (Å²) in [7, 11) is -2.97. The molecule has 0 saturated heterocycles. The lowest BCUT2D eigenvalue weighted by Crippen LogP contribution is -2.28. The standard InChI is InChI=1S/C12H19NO2S/c1-4-13-12(9-16(3,14)15)11-8-6-5-7-10(11)2/h5-8,12-13H,4,9H2,1-3H3. The predicted molar refractivity (Wildman–Crippen MR) is 67.3 cm³/mol. The second-order valence-corrected chi connectivity index (χ2v) is 6.24. The van der Waals surface area contributed by atoms with Crippen molar-refractivity contribution < 1.29 is 8.42 Å². The van der Waals surface area contributed by atoms with Crippen LogP contribution in [0.3, 0.4) is 0 Å². The van der Waals surface area contributed by atoms with E-state index in [0.717, 1.165) is 17.7 Å². The molecular formula is C12H19NO2S. The van der Waals surface area contributed by atoms with Crippen LogP contribution in [0, 0.1) is 6.92 Å². The highest BCUT2D eigenvalue weighted by atomic mass is 32.2. The molecule has 1 atom stereocenters. The van der Waals surface area contributed by atoms with E-state index in [4.69, 9.17) is 0 Å². The highest BCUT2D eigenvalue weighted by Crippen LogP contribution is 2.18. The minimum absolute atomic E-state index is 0.110. The van der Waals surface area contributed by atoms with Crippen molar-refractivity contribution in [2.45, 2.75) is 19.9 Å². The van der Waals surface area contributed by atoms with Crippen LogP contribution >= 0.6 is 0 Å². The third-order valence-corrected chi connectivity index (χ3v) is 3.42. The van der Waals surface area contributed by atoms with E-state index in [2.05, 4.69) is 5.32 Å². The third kappa shape index (κ3) is 3.94. The molecule has 0 aliphatic rings. The molecule has 1 rings (SSSR count). The van der Waals surface area contributed by atoms with Gasteiger partial charge in [-0.3, -0.25) is 0 Å². The van der Waals surface area contributed by atoms with Crippen LogP contribution in [0.2, 0.25) is 0 Å². The normalized spacial score (nSPS) is 13.7. The summed E-state index contributed by atoms with van der Waals surface area (Å²) in [6.07, 6.45) is 1.27. The Bertz CT molecular complexity index is 440. The monoisotopic (exact) mass is 241 g/mol. The molecular weight excluding hydrogens is 222 g/mol. The zero-order valence-corrected chi connectivity index (χ0v) is 10.8. The summed E-state index contributed by atoms with van der Waals surface area (Å²) in [5.74, 6) is 0.145. The summed E-state index contributed by atoms with van der Waals surface area (Å²) < 4.78 is 22.7. The van der Waals surface area contributed by atoms with E-state index in [1.54, 1.807) is 0 Å². The van der Waals surface area contributed by atoms with Crippen molar-refractivity contribution in [3.05, 3.63) is 35.4 Å². The molecule has 0 radical (unpaired) electrons. The van der Waals surface area contributed by atoms with Gasteiger partial charge in [-0.15, -0.1) is 0 Å². The van der Waals surface area contributed by atoms with Gasteiger partial charge in [-0.2, -0.15) is 0 Å². The van der Waals surface area contributed by atoms with Crippen LogP contribution < -0.4 is 5.32 Å². The van der Waals surface area contributed by atoms with Crippen LogP contribution in [0.25, 0.3) is 0 Å². The summed E-state index contributed by atoms with van der Waals surface area (Å²) in [5.41, 5.74) is 2.19. The van der Waals surface area contributed by atoms with Crippen molar-refractivity contribution in [2.24, 2.45) is 0 Å². The zero-order valence-electron chi connectivity index (χ0n) is 10.0. The van der Waals surface area contributed by atoms with Crippen molar-refractivity contribution in [1.82, 2.24) is 5.32 Å². The second-order valence-electron chi connectivity index (χ2n) is 4.06. The van der Waals surface area contributed by atoms with Gasteiger partial charge in [0.05, 0.1) is 5.75 Å². The van der Waals surface area contributed by atoms with Crippen LogP contribution in [0.4, 0.5) is 0 Å². The predicted octanol–water partition coefficient (Wildman–Crippen LogP) is 1.69. The Morgan fingerprint density at radius 2 is 1.94 bits per heavy atom. The molecule has 0 saturated carbocycles. The first-order valence-corrected chi connectivity index (χ1v) is 7.46. The van der Waals surface area contributed by atoms with Gasteiger partial charge in [0.25, 0.3) is 0 Å². The fourth-order valence-corrected chi connectivity index (χ4v) is 2.69. The molecule has 0 amide bonds. The van der Waals surface area contributed by atoms with Gasteiger partial charge in [0.2, 0.25) is 0 Å². The molecule has 90 valence electrons. The van der Waals surface area contributed by atoms with E-state index in [1.807, 2.05) is 38.1 Å². The molecule has 0 heterocycles. The molecule has 0 fully saturated rings. The average molecular weight is 241 g/mol. The quantitative estimate of drug-likeness (QED) is 0.853. The fourth-order valence-electron chi connectivity index (χ4n) is 1.79. The van der Waals surface area contributed by atoms with Gasteiger partial charge in [-0.25, -0.2) is 8.42 Å². The van der Waals surface area contributed by atoms with Crippen LogP contribution in [-0.2, 0) is 9.84 Å². The number of rotatable bonds is 5. The largest absolute Gasteiger partial charge is 0.309 e. The maximum absolute atomic E-state index is 11.4. The van der Waals surface area contributed by atoms with E-state index >= 15 is 0 Å². The maximum Gasteiger partial charge on any atom is 0.149 e. The summed E-state index contributed by atoms with van der Waals surface area (Å²) in [6.45, 7) is 4.74. The number of sulfone groups is 1. The van der Waals surface area contributed by atoms with Crippen molar-refractivity contribution in [1.29, 1.82) is 0 Å². The van der Waals surface area contributed by atoms with Gasteiger partial charge in [0.15, 0.2) is 0 Å². The zero-order chi connectivity index (χ0) is 12.2. The summed E-state index contributed by atoms with van der Waals surface area (Å²) in [4.78, 5) is 0. The van der Waals surface area contributed by atoms with Gasteiger partial charge in [-0.05, 0) is 24.6 Å². The topological polar surface area (TPSA) is 46.2 Å². The maximum atomic E-state index is 11.4. The minimum atomic E-state index is -2.97. The third-order valence-electron chi connectivity index (χ3n) is 2.48. The Hall–Kier alpha value is -0.870. The number of aryl methyl sites for hydroxylation is 1. The van der Waals surface area contributed by atoms with E-state index in [1.165, 1.54) is 6.26 Å². The first kappa shape index (κ1) is 13.2. The molecule has 0 spiro atoms.